The maximum atomic E-state index is 11.6. The molecule has 0 aromatic carbocycles. The predicted octanol–water partition coefficient (Wildman–Crippen LogP) is 7.47. The number of nitrogens with zero attached hydrogens (tertiary/aromatic N) is 1. The van der Waals surface area contributed by atoms with Gasteiger partial charge in [0.1, 0.15) is 0 Å². The average molecular weight is 381 g/mol. The van der Waals surface area contributed by atoms with Gasteiger partial charge in [-0.25, -0.2) is 0 Å². The van der Waals surface area contributed by atoms with Crippen LogP contribution in [0.2, 0.25) is 0 Å². The Kier molecular flexibility index (Phi) is 18.3. The van der Waals surface area contributed by atoms with Gasteiger partial charge in [-0.1, -0.05) is 90.6 Å². The highest BCUT2D eigenvalue weighted by Crippen LogP contribution is 2.15. The number of ketones is 1. The maximum Gasteiger partial charge on any atom is 0.160 e. The van der Waals surface area contributed by atoms with Crippen molar-refractivity contribution in [2.75, 3.05) is 26.2 Å². The molecule has 0 radical (unpaired) electrons. The molecule has 0 aliphatic heterocycles. The van der Waals surface area contributed by atoms with Crippen LogP contribution in [0.3, 0.4) is 0 Å². The molecule has 0 saturated heterocycles. The average Bonchev–Trinajstić information content (AvgIpc) is 2.70. The first-order valence-corrected chi connectivity index (χ1v) is 12.1. The molecule has 0 aliphatic rings. The van der Waals surface area contributed by atoms with Crippen LogP contribution in [0.4, 0.5) is 0 Å². The number of carbonyl (C=O) groups is 1. The SMILES string of the molecule is C=CC(=O)CC[N+](CC)(CC)CCCCCCCCCCCCCCCC. The first-order chi connectivity index (χ1) is 13.1. The molecule has 0 bridgehead atoms. The summed E-state index contributed by atoms with van der Waals surface area (Å²) in [6.07, 6.45) is 21.9. The van der Waals surface area contributed by atoms with Gasteiger partial charge in [0.25, 0.3) is 0 Å². The Balaban J connectivity index is 3.57. The molecule has 160 valence electrons. The lowest BCUT2D eigenvalue weighted by atomic mass is 10.0. The normalized spacial score (nSPS) is 11.7. The van der Waals surface area contributed by atoms with Crippen molar-refractivity contribution in [3.05, 3.63) is 12.7 Å². The Bertz CT molecular complexity index is 346. The highest BCUT2D eigenvalue weighted by molar-refractivity contribution is 5.89. The molecule has 0 heterocycles. The zero-order chi connectivity index (χ0) is 20.2. The first-order valence-electron chi connectivity index (χ1n) is 12.1. The number of hydrogen-bond acceptors (Lipinski definition) is 1. The first kappa shape index (κ1) is 26.4. The van der Waals surface area contributed by atoms with Gasteiger partial charge < -0.3 is 4.48 Å². The lowest BCUT2D eigenvalue weighted by molar-refractivity contribution is -0.924. The van der Waals surface area contributed by atoms with Crippen LogP contribution in [0, 0.1) is 0 Å². The Morgan fingerprint density at radius 1 is 0.667 bits per heavy atom. The summed E-state index contributed by atoms with van der Waals surface area (Å²) in [5.74, 6) is 0.195. The summed E-state index contributed by atoms with van der Waals surface area (Å²) in [5, 5.41) is 0. The quantitative estimate of drug-likeness (QED) is 0.115. The van der Waals surface area contributed by atoms with E-state index < -0.39 is 0 Å². The molecule has 0 spiro atoms. The summed E-state index contributed by atoms with van der Waals surface area (Å²) in [7, 11) is 0. The monoisotopic (exact) mass is 380 g/mol. The van der Waals surface area contributed by atoms with E-state index in [1.165, 1.54) is 103 Å². The van der Waals surface area contributed by atoms with Crippen LogP contribution in [0.25, 0.3) is 0 Å². The second-order valence-electron chi connectivity index (χ2n) is 8.44. The summed E-state index contributed by atoms with van der Waals surface area (Å²) in [5.41, 5.74) is 0. The van der Waals surface area contributed by atoms with Gasteiger partial charge in [-0.3, -0.25) is 4.79 Å². The maximum absolute atomic E-state index is 11.6. The lowest BCUT2D eigenvalue weighted by Crippen LogP contribution is -2.49. The summed E-state index contributed by atoms with van der Waals surface area (Å²) in [4.78, 5) is 11.6. The highest BCUT2D eigenvalue weighted by Gasteiger charge is 2.22. The lowest BCUT2D eigenvalue weighted by Gasteiger charge is -2.37. The third kappa shape index (κ3) is 15.0. The number of rotatable bonds is 21. The fourth-order valence-corrected chi connectivity index (χ4v) is 4.06. The van der Waals surface area contributed by atoms with Crippen molar-refractivity contribution in [3.63, 3.8) is 0 Å². The summed E-state index contributed by atoms with van der Waals surface area (Å²) >= 11 is 0. The van der Waals surface area contributed by atoms with Gasteiger partial charge in [0.15, 0.2) is 5.78 Å². The summed E-state index contributed by atoms with van der Waals surface area (Å²) in [6, 6.07) is 0. The molecule has 0 rings (SSSR count). The Morgan fingerprint density at radius 2 is 1.07 bits per heavy atom. The van der Waals surface area contributed by atoms with Crippen LogP contribution < -0.4 is 0 Å². The molecule has 0 unspecified atom stereocenters. The molecule has 0 amide bonds. The molecule has 0 aromatic heterocycles. The number of hydrogen-bond donors (Lipinski definition) is 0. The van der Waals surface area contributed by atoms with Gasteiger partial charge in [0, 0.05) is 0 Å². The van der Waals surface area contributed by atoms with Crippen LogP contribution in [-0.2, 0) is 4.79 Å². The number of carbonyl (C=O) groups excluding carboxylic acids is 1. The van der Waals surface area contributed by atoms with E-state index in [-0.39, 0.29) is 5.78 Å². The van der Waals surface area contributed by atoms with Crippen molar-refractivity contribution in [3.8, 4) is 0 Å². The van der Waals surface area contributed by atoms with E-state index >= 15 is 0 Å². The third-order valence-corrected chi connectivity index (χ3v) is 6.39. The summed E-state index contributed by atoms with van der Waals surface area (Å²) in [6.45, 7) is 14.9. The topological polar surface area (TPSA) is 17.1 Å². The standard InChI is InChI=1S/C25H50NO/c1-5-9-10-11-12-13-14-15-16-17-18-19-20-21-23-26(7-3,8-4)24-22-25(27)6-2/h6H,2,5,7-24H2,1,3-4H3/q+1. The van der Waals surface area contributed by atoms with E-state index in [9.17, 15) is 4.79 Å². The largest absolute Gasteiger partial charge is 0.324 e. The Morgan fingerprint density at radius 3 is 1.44 bits per heavy atom. The molecule has 0 aliphatic carbocycles. The molecular weight excluding hydrogens is 330 g/mol. The summed E-state index contributed by atoms with van der Waals surface area (Å²) < 4.78 is 1.10. The zero-order valence-corrected chi connectivity index (χ0v) is 19.1. The van der Waals surface area contributed by atoms with Crippen LogP contribution in [0.1, 0.15) is 117 Å². The van der Waals surface area contributed by atoms with Gasteiger partial charge in [-0.15, -0.1) is 0 Å². The number of quaternary nitrogens is 1. The van der Waals surface area contributed by atoms with Gasteiger partial charge in [0.2, 0.25) is 0 Å². The minimum absolute atomic E-state index is 0.195. The van der Waals surface area contributed by atoms with Crippen molar-refractivity contribution in [1.29, 1.82) is 0 Å². The number of allylic oxidation sites excluding steroid dienone is 1. The van der Waals surface area contributed by atoms with Crippen LogP contribution in [-0.4, -0.2) is 36.4 Å². The van der Waals surface area contributed by atoms with Gasteiger partial charge in [-0.2, -0.15) is 0 Å². The second-order valence-corrected chi connectivity index (χ2v) is 8.44. The van der Waals surface area contributed by atoms with Gasteiger partial charge in [-0.05, 0) is 32.8 Å². The predicted molar refractivity (Wildman–Crippen MR) is 121 cm³/mol. The molecular formula is C25H50NO+. The van der Waals surface area contributed by atoms with Crippen LogP contribution in [0.15, 0.2) is 12.7 Å². The smallest absolute Gasteiger partial charge is 0.160 e. The Hall–Kier alpha value is -0.630. The van der Waals surface area contributed by atoms with E-state index in [0.29, 0.717) is 6.42 Å². The van der Waals surface area contributed by atoms with Gasteiger partial charge >= 0.3 is 0 Å². The van der Waals surface area contributed by atoms with Crippen LogP contribution in [0.5, 0.6) is 0 Å². The number of unbranched alkanes of at least 4 members (excludes halogenated alkanes) is 13. The van der Waals surface area contributed by atoms with Crippen molar-refractivity contribution in [1.82, 2.24) is 0 Å². The molecule has 2 nitrogen and oxygen atoms in total. The van der Waals surface area contributed by atoms with Crippen molar-refractivity contribution < 1.29 is 9.28 Å². The molecule has 0 fully saturated rings. The molecule has 27 heavy (non-hydrogen) atoms. The highest BCUT2D eigenvalue weighted by atomic mass is 16.1. The molecule has 0 atom stereocenters. The fraction of sp³-hybridized carbons (Fsp3) is 0.880. The van der Waals surface area contributed by atoms with E-state index in [0.717, 1.165) is 24.1 Å². The van der Waals surface area contributed by atoms with E-state index in [2.05, 4.69) is 27.4 Å². The van der Waals surface area contributed by atoms with Crippen molar-refractivity contribution in [2.45, 2.75) is 117 Å². The molecule has 0 saturated carbocycles. The second kappa shape index (κ2) is 18.7. The van der Waals surface area contributed by atoms with E-state index in [1.54, 1.807) is 0 Å². The molecule has 0 aromatic rings. The van der Waals surface area contributed by atoms with Crippen molar-refractivity contribution >= 4 is 5.78 Å². The third-order valence-electron chi connectivity index (χ3n) is 6.39. The Labute approximate surface area is 171 Å². The minimum Gasteiger partial charge on any atom is -0.324 e. The van der Waals surface area contributed by atoms with Gasteiger partial charge in [0.05, 0.1) is 32.6 Å². The molecule has 0 N–H and O–H groups in total. The van der Waals surface area contributed by atoms with Crippen LogP contribution >= 0.6 is 0 Å². The van der Waals surface area contributed by atoms with E-state index in [1.807, 2.05) is 0 Å². The van der Waals surface area contributed by atoms with E-state index in [4.69, 9.17) is 0 Å². The zero-order valence-electron chi connectivity index (χ0n) is 19.1. The fourth-order valence-electron chi connectivity index (χ4n) is 4.06. The molecule has 2 heteroatoms. The minimum atomic E-state index is 0.195. The van der Waals surface area contributed by atoms with Crippen molar-refractivity contribution in [2.24, 2.45) is 0 Å².